The first-order valence-corrected chi connectivity index (χ1v) is 10.3. The molecule has 1 aliphatic heterocycles. The highest BCUT2D eigenvalue weighted by Gasteiger charge is 2.23. The zero-order valence-electron chi connectivity index (χ0n) is 16.1. The van der Waals surface area contributed by atoms with Gasteiger partial charge in [0.05, 0.1) is 37.1 Å². The van der Waals surface area contributed by atoms with Crippen LogP contribution < -0.4 is 14.4 Å². The van der Waals surface area contributed by atoms with Crippen LogP contribution >= 0.6 is 0 Å². The Balaban J connectivity index is 1.86. The van der Waals surface area contributed by atoms with Crippen molar-refractivity contribution in [2.75, 3.05) is 43.0 Å². The molecule has 1 aliphatic rings. The number of rotatable bonds is 5. The van der Waals surface area contributed by atoms with Crippen LogP contribution in [0.25, 0.3) is 0 Å². The summed E-state index contributed by atoms with van der Waals surface area (Å²) in [6.45, 7) is 8.31. The minimum atomic E-state index is -3.74. The van der Waals surface area contributed by atoms with Gasteiger partial charge in [-0.1, -0.05) is 0 Å². The maximum Gasteiger partial charge on any atom is 0.262 e. The van der Waals surface area contributed by atoms with Gasteiger partial charge in [0, 0.05) is 13.1 Å². The molecule has 2 aromatic rings. The van der Waals surface area contributed by atoms with Crippen molar-refractivity contribution >= 4 is 21.5 Å². The second kappa shape index (κ2) is 7.74. The Bertz CT molecular complexity index is 921. The van der Waals surface area contributed by atoms with E-state index in [0.717, 1.165) is 24.5 Å². The molecule has 1 aromatic carbocycles. The second-order valence-corrected chi connectivity index (χ2v) is 8.20. The minimum Gasteiger partial charge on any atom is -0.496 e. The lowest BCUT2D eigenvalue weighted by Gasteiger charge is -2.27. The van der Waals surface area contributed by atoms with Crippen molar-refractivity contribution in [2.24, 2.45) is 0 Å². The molecule has 1 saturated heterocycles. The Morgan fingerprint density at radius 3 is 2.44 bits per heavy atom. The van der Waals surface area contributed by atoms with Gasteiger partial charge in [-0.3, -0.25) is 4.72 Å². The van der Waals surface area contributed by atoms with Gasteiger partial charge in [0.25, 0.3) is 10.0 Å². The molecule has 146 valence electrons. The maximum atomic E-state index is 13.0. The number of nitrogens with zero attached hydrogens (tertiary/aromatic N) is 2. The Labute approximate surface area is 160 Å². The first-order valence-electron chi connectivity index (χ1n) is 8.80. The van der Waals surface area contributed by atoms with Crippen LogP contribution in [0.3, 0.4) is 0 Å². The van der Waals surface area contributed by atoms with E-state index in [0.29, 0.717) is 35.8 Å². The van der Waals surface area contributed by atoms with Crippen molar-refractivity contribution in [3.8, 4) is 5.75 Å². The van der Waals surface area contributed by atoms with E-state index in [-0.39, 0.29) is 4.90 Å². The molecule has 1 N–H and O–H groups in total. The quantitative estimate of drug-likeness (QED) is 0.844. The van der Waals surface area contributed by atoms with Crippen LogP contribution in [0, 0.1) is 20.8 Å². The van der Waals surface area contributed by atoms with Crippen molar-refractivity contribution in [1.82, 2.24) is 4.98 Å². The summed E-state index contributed by atoms with van der Waals surface area (Å²) in [5.74, 6) is 1.49. The fourth-order valence-corrected chi connectivity index (χ4v) is 4.85. The summed E-state index contributed by atoms with van der Waals surface area (Å²) in [6.07, 6.45) is 1.55. The lowest BCUT2D eigenvalue weighted by Crippen LogP contribution is -2.36. The zero-order chi connectivity index (χ0) is 19.6. The number of anilines is 2. The van der Waals surface area contributed by atoms with Crippen LogP contribution in [0.1, 0.15) is 16.7 Å². The van der Waals surface area contributed by atoms with Gasteiger partial charge >= 0.3 is 0 Å². The first kappa shape index (κ1) is 19.4. The van der Waals surface area contributed by atoms with Crippen LogP contribution in [0.2, 0.25) is 0 Å². The summed E-state index contributed by atoms with van der Waals surface area (Å²) in [6, 6.07) is 5.30. The lowest BCUT2D eigenvalue weighted by molar-refractivity contribution is 0.122. The molecule has 0 aliphatic carbocycles. The Kier molecular flexibility index (Phi) is 5.57. The van der Waals surface area contributed by atoms with Crippen molar-refractivity contribution in [3.05, 3.63) is 41.1 Å². The third kappa shape index (κ3) is 4.01. The highest BCUT2D eigenvalue weighted by Crippen LogP contribution is 2.31. The van der Waals surface area contributed by atoms with Crippen LogP contribution in [0.4, 0.5) is 11.5 Å². The summed E-state index contributed by atoms with van der Waals surface area (Å²) in [5.41, 5.74) is 2.56. The van der Waals surface area contributed by atoms with E-state index in [9.17, 15) is 8.42 Å². The van der Waals surface area contributed by atoms with E-state index in [1.165, 1.54) is 0 Å². The van der Waals surface area contributed by atoms with E-state index >= 15 is 0 Å². The molecule has 0 amide bonds. The number of sulfonamides is 1. The molecule has 1 fully saturated rings. The number of aryl methyl sites for hydroxylation is 1. The van der Waals surface area contributed by atoms with Gasteiger partial charge in [-0.05, 0) is 55.7 Å². The molecule has 0 bridgehead atoms. The molecule has 0 radical (unpaired) electrons. The number of hydrogen-bond acceptors (Lipinski definition) is 6. The van der Waals surface area contributed by atoms with Crippen LogP contribution in [0.5, 0.6) is 5.75 Å². The molecule has 7 nitrogen and oxygen atoms in total. The average molecular weight is 391 g/mol. The molecule has 1 aromatic heterocycles. The van der Waals surface area contributed by atoms with Gasteiger partial charge in [0.15, 0.2) is 0 Å². The smallest absolute Gasteiger partial charge is 0.262 e. The number of pyridine rings is 1. The molecule has 0 spiro atoms. The first-order chi connectivity index (χ1) is 12.8. The number of aromatic nitrogens is 1. The Hall–Kier alpha value is -2.32. The van der Waals surface area contributed by atoms with Gasteiger partial charge in [-0.15, -0.1) is 0 Å². The predicted molar refractivity (Wildman–Crippen MR) is 105 cm³/mol. The molecule has 27 heavy (non-hydrogen) atoms. The van der Waals surface area contributed by atoms with Crippen molar-refractivity contribution in [3.63, 3.8) is 0 Å². The molecule has 3 rings (SSSR count). The van der Waals surface area contributed by atoms with Gasteiger partial charge in [-0.2, -0.15) is 0 Å². The minimum absolute atomic E-state index is 0.276. The maximum absolute atomic E-state index is 13.0. The SMILES string of the molecule is COc1cc(C)c(S(=O)(=O)Nc2ccc(N3CCOCC3)nc2)c(C)c1C. The van der Waals surface area contributed by atoms with E-state index in [1.54, 1.807) is 39.3 Å². The second-order valence-electron chi connectivity index (χ2n) is 6.58. The number of methoxy groups -OCH3 is 1. The van der Waals surface area contributed by atoms with Crippen molar-refractivity contribution in [1.29, 1.82) is 0 Å². The molecule has 8 heteroatoms. The van der Waals surface area contributed by atoms with E-state index in [1.807, 2.05) is 13.0 Å². The molecule has 0 saturated carbocycles. The summed E-state index contributed by atoms with van der Waals surface area (Å²) in [4.78, 5) is 6.78. The fraction of sp³-hybridized carbons (Fsp3) is 0.421. The number of benzene rings is 1. The predicted octanol–water partition coefficient (Wildman–Crippen LogP) is 2.65. The van der Waals surface area contributed by atoms with E-state index < -0.39 is 10.0 Å². The van der Waals surface area contributed by atoms with Gasteiger partial charge in [-0.25, -0.2) is 13.4 Å². The normalized spacial score (nSPS) is 14.9. The number of hydrogen-bond donors (Lipinski definition) is 1. The summed E-state index contributed by atoms with van der Waals surface area (Å²) in [7, 11) is -2.16. The van der Waals surface area contributed by atoms with E-state index in [2.05, 4.69) is 14.6 Å². The topological polar surface area (TPSA) is 80.8 Å². The summed E-state index contributed by atoms with van der Waals surface area (Å²) < 4.78 is 39.2. The number of nitrogens with one attached hydrogen (secondary N) is 1. The Morgan fingerprint density at radius 1 is 1.15 bits per heavy atom. The number of ether oxygens (including phenoxy) is 2. The highest BCUT2D eigenvalue weighted by atomic mass is 32.2. The van der Waals surface area contributed by atoms with Crippen LogP contribution in [0.15, 0.2) is 29.3 Å². The molecular weight excluding hydrogens is 366 g/mol. The number of morpholine rings is 1. The monoisotopic (exact) mass is 391 g/mol. The third-order valence-corrected chi connectivity index (χ3v) is 6.47. The molecule has 2 heterocycles. The standard InChI is InChI=1S/C19H25N3O4S/c1-13-11-17(25-4)14(2)15(3)19(13)27(23,24)21-16-5-6-18(20-12-16)22-7-9-26-10-8-22/h5-6,11-12,21H,7-10H2,1-4H3. The van der Waals surface area contributed by atoms with E-state index in [4.69, 9.17) is 9.47 Å². The third-order valence-electron chi connectivity index (χ3n) is 4.80. The average Bonchev–Trinajstić information content (AvgIpc) is 2.65. The molecule has 0 unspecified atom stereocenters. The van der Waals surface area contributed by atoms with Crippen molar-refractivity contribution < 1.29 is 17.9 Å². The van der Waals surface area contributed by atoms with Crippen LogP contribution in [-0.2, 0) is 14.8 Å². The van der Waals surface area contributed by atoms with Gasteiger partial charge in [0.2, 0.25) is 0 Å². The molecule has 0 atom stereocenters. The summed E-state index contributed by atoms with van der Waals surface area (Å²) in [5, 5.41) is 0. The molecular formula is C19H25N3O4S. The zero-order valence-corrected chi connectivity index (χ0v) is 16.9. The Morgan fingerprint density at radius 2 is 1.85 bits per heavy atom. The van der Waals surface area contributed by atoms with Crippen LogP contribution in [-0.4, -0.2) is 46.8 Å². The van der Waals surface area contributed by atoms with Gasteiger partial charge < -0.3 is 14.4 Å². The summed E-state index contributed by atoms with van der Waals surface area (Å²) >= 11 is 0. The highest BCUT2D eigenvalue weighted by molar-refractivity contribution is 7.92. The lowest BCUT2D eigenvalue weighted by atomic mass is 10.1. The largest absolute Gasteiger partial charge is 0.496 e. The fourth-order valence-electron chi connectivity index (χ4n) is 3.28. The van der Waals surface area contributed by atoms with Crippen molar-refractivity contribution in [2.45, 2.75) is 25.7 Å². The van der Waals surface area contributed by atoms with Gasteiger partial charge in [0.1, 0.15) is 11.6 Å².